The van der Waals surface area contributed by atoms with Gasteiger partial charge in [-0.05, 0) is 48.9 Å². The molecular formula is C14H18Cl2N2O. The number of carbonyl (C=O) groups excluding carboxylic acids is 1. The number of nitrogens with one attached hydrogen (secondary N) is 1. The van der Waals surface area contributed by atoms with Crippen LogP contribution in [0.2, 0.25) is 10.0 Å². The van der Waals surface area contributed by atoms with Gasteiger partial charge in [-0.15, -0.1) is 0 Å². The zero-order valence-corrected chi connectivity index (χ0v) is 12.5. The van der Waals surface area contributed by atoms with Gasteiger partial charge >= 0.3 is 6.03 Å². The van der Waals surface area contributed by atoms with Crippen LogP contribution in [-0.4, -0.2) is 31.1 Å². The molecule has 0 aliphatic heterocycles. The first-order valence-electron chi connectivity index (χ1n) is 6.48. The monoisotopic (exact) mass is 300 g/mol. The molecule has 1 aromatic rings. The summed E-state index contributed by atoms with van der Waals surface area (Å²) in [4.78, 5) is 13.5. The van der Waals surface area contributed by atoms with Gasteiger partial charge in [-0.1, -0.05) is 23.2 Å². The van der Waals surface area contributed by atoms with Crippen molar-refractivity contribution in [2.24, 2.45) is 5.92 Å². The van der Waals surface area contributed by atoms with Crippen molar-refractivity contribution in [2.75, 3.05) is 20.1 Å². The average Bonchev–Trinajstić information content (AvgIpc) is 3.11. The molecule has 0 spiro atoms. The summed E-state index contributed by atoms with van der Waals surface area (Å²) in [6, 6.07) is 5.43. The number of urea groups is 1. The van der Waals surface area contributed by atoms with Gasteiger partial charge in [0.25, 0.3) is 0 Å². The fraction of sp³-hybridized carbons (Fsp3) is 0.500. The number of benzene rings is 1. The molecule has 0 atom stereocenters. The second-order valence-corrected chi connectivity index (χ2v) is 5.96. The minimum Gasteiger partial charge on any atom is -0.338 e. The molecule has 3 nitrogen and oxygen atoms in total. The van der Waals surface area contributed by atoms with Crippen LogP contribution in [-0.2, 0) is 6.42 Å². The molecule has 0 bridgehead atoms. The van der Waals surface area contributed by atoms with Crippen LogP contribution in [0, 0.1) is 5.92 Å². The number of amides is 2. The fourth-order valence-corrected chi connectivity index (χ4v) is 2.55. The second-order valence-electron chi connectivity index (χ2n) is 5.08. The van der Waals surface area contributed by atoms with Gasteiger partial charge < -0.3 is 10.2 Å². The Morgan fingerprint density at radius 3 is 2.53 bits per heavy atom. The lowest BCUT2D eigenvalue weighted by molar-refractivity contribution is 0.207. The first-order chi connectivity index (χ1) is 9.04. The Labute approximate surface area is 123 Å². The lowest BCUT2D eigenvalue weighted by Crippen LogP contribution is -2.39. The van der Waals surface area contributed by atoms with E-state index in [9.17, 15) is 4.79 Å². The third kappa shape index (κ3) is 4.92. The van der Waals surface area contributed by atoms with Crippen molar-refractivity contribution in [2.45, 2.75) is 19.3 Å². The number of nitrogens with zero attached hydrogens (tertiary/aromatic N) is 1. The molecule has 2 amide bonds. The molecule has 5 heteroatoms. The van der Waals surface area contributed by atoms with Gasteiger partial charge in [0.05, 0.1) is 0 Å². The Hall–Kier alpha value is -0.930. The average molecular weight is 301 g/mol. The summed E-state index contributed by atoms with van der Waals surface area (Å²) < 4.78 is 0. The molecule has 0 heterocycles. The van der Waals surface area contributed by atoms with Crippen LogP contribution in [0.3, 0.4) is 0 Å². The van der Waals surface area contributed by atoms with Gasteiger partial charge in [0.1, 0.15) is 0 Å². The highest BCUT2D eigenvalue weighted by Crippen LogP contribution is 2.29. The van der Waals surface area contributed by atoms with Gasteiger partial charge in [-0.3, -0.25) is 0 Å². The molecule has 1 aliphatic carbocycles. The molecule has 1 aromatic carbocycles. The summed E-state index contributed by atoms with van der Waals surface area (Å²) in [5, 5.41) is 4.15. The molecule has 2 rings (SSSR count). The Bertz CT molecular complexity index is 441. The Morgan fingerprint density at radius 1 is 1.32 bits per heavy atom. The Balaban J connectivity index is 1.74. The van der Waals surface area contributed by atoms with Crippen LogP contribution in [0.15, 0.2) is 18.2 Å². The normalized spacial score (nSPS) is 14.3. The van der Waals surface area contributed by atoms with Crippen molar-refractivity contribution in [3.8, 4) is 0 Å². The smallest absolute Gasteiger partial charge is 0.317 e. The molecule has 0 unspecified atom stereocenters. The Morgan fingerprint density at radius 2 is 1.95 bits per heavy atom. The predicted molar refractivity (Wildman–Crippen MR) is 78.9 cm³/mol. The lowest BCUT2D eigenvalue weighted by atomic mass is 10.1. The molecule has 19 heavy (non-hydrogen) atoms. The quantitative estimate of drug-likeness (QED) is 0.885. The second kappa shape index (κ2) is 6.49. The summed E-state index contributed by atoms with van der Waals surface area (Å²) in [5.74, 6) is 0.711. The van der Waals surface area contributed by atoms with E-state index in [4.69, 9.17) is 23.2 Å². The van der Waals surface area contributed by atoms with Crippen LogP contribution in [0.1, 0.15) is 18.4 Å². The molecule has 1 N–H and O–H groups in total. The molecule has 1 saturated carbocycles. The number of hydrogen-bond donors (Lipinski definition) is 1. The summed E-state index contributed by atoms with van der Waals surface area (Å²) >= 11 is 11.9. The molecular weight excluding hydrogens is 283 g/mol. The van der Waals surface area contributed by atoms with E-state index in [1.807, 2.05) is 19.2 Å². The van der Waals surface area contributed by atoms with E-state index in [0.717, 1.165) is 18.5 Å². The third-order valence-electron chi connectivity index (χ3n) is 3.19. The minimum atomic E-state index is -0.0139. The highest BCUT2D eigenvalue weighted by atomic mass is 35.5. The summed E-state index contributed by atoms with van der Waals surface area (Å²) in [7, 11) is 1.84. The molecule has 104 valence electrons. The van der Waals surface area contributed by atoms with Crippen LogP contribution < -0.4 is 5.32 Å². The number of halogens is 2. The maximum atomic E-state index is 11.8. The first kappa shape index (κ1) is 14.5. The van der Waals surface area contributed by atoms with Crippen LogP contribution in [0.5, 0.6) is 0 Å². The Kier molecular flexibility index (Phi) is 4.94. The van der Waals surface area contributed by atoms with E-state index < -0.39 is 0 Å². The van der Waals surface area contributed by atoms with Crippen LogP contribution in [0.4, 0.5) is 4.79 Å². The zero-order chi connectivity index (χ0) is 13.8. The van der Waals surface area contributed by atoms with Gasteiger partial charge in [-0.2, -0.15) is 0 Å². The highest BCUT2D eigenvalue weighted by molar-refractivity contribution is 6.34. The van der Waals surface area contributed by atoms with Crippen molar-refractivity contribution >= 4 is 29.2 Å². The van der Waals surface area contributed by atoms with E-state index in [1.54, 1.807) is 11.0 Å². The fourth-order valence-electron chi connectivity index (χ4n) is 1.97. The topological polar surface area (TPSA) is 32.3 Å². The predicted octanol–water partition coefficient (Wildman–Crippen LogP) is 3.59. The third-order valence-corrected chi connectivity index (χ3v) is 3.62. The highest BCUT2D eigenvalue weighted by Gasteiger charge is 2.24. The van der Waals surface area contributed by atoms with Gasteiger partial charge in [0.2, 0.25) is 0 Å². The summed E-state index contributed by atoms with van der Waals surface area (Å²) in [5.41, 5.74) is 1.03. The van der Waals surface area contributed by atoms with E-state index in [1.165, 1.54) is 12.8 Å². The largest absolute Gasteiger partial charge is 0.338 e. The molecule has 1 fully saturated rings. The lowest BCUT2D eigenvalue weighted by Gasteiger charge is -2.17. The van der Waals surface area contributed by atoms with E-state index in [2.05, 4.69) is 5.32 Å². The van der Waals surface area contributed by atoms with Crippen molar-refractivity contribution in [1.29, 1.82) is 0 Å². The standard InChI is InChI=1S/C14H18Cl2N2O/c1-18(9-10-2-3-10)14(19)17-5-4-11-6-12(15)8-13(16)7-11/h6-8,10H,2-5,9H2,1H3,(H,17,19). The molecule has 0 saturated heterocycles. The van der Waals surface area contributed by atoms with Crippen molar-refractivity contribution in [1.82, 2.24) is 10.2 Å². The minimum absolute atomic E-state index is 0.0139. The van der Waals surface area contributed by atoms with Crippen LogP contribution >= 0.6 is 23.2 Å². The summed E-state index contributed by atoms with van der Waals surface area (Å²) in [6.45, 7) is 1.44. The van der Waals surface area contributed by atoms with Crippen molar-refractivity contribution in [3.05, 3.63) is 33.8 Å². The summed E-state index contributed by atoms with van der Waals surface area (Å²) in [6.07, 6.45) is 3.22. The number of rotatable bonds is 5. The number of carbonyl (C=O) groups is 1. The zero-order valence-electron chi connectivity index (χ0n) is 11.0. The number of hydrogen-bond acceptors (Lipinski definition) is 1. The molecule has 1 aliphatic rings. The molecule has 0 radical (unpaired) electrons. The van der Waals surface area contributed by atoms with Crippen molar-refractivity contribution in [3.63, 3.8) is 0 Å². The van der Waals surface area contributed by atoms with Gasteiger partial charge in [0.15, 0.2) is 0 Å². The van der Waals surface area contributed by atoms with E-state index in [0.29, 0.717) is 22.5 Å². The van der Waals surface area contributed by atoms with Crippen molar-refractivity contribution < 1.29 is 4.79 Å². The van der Waals surface area contributed by atoms with E-state index >= 15 is 0 Å². The van der Waals surface area contributed by atoms with Gasteiger partial charge in [0, 0.05) is 30.2 Å². The van der Waals surface area contributed by atoms with Gasteiger partial charge in [-0.25, -0.2) is 4.79 Å². The van der Waals surface area contributed by atoms with E-state index in [-0.39, 0.29) is 6.03 Å². The first-order valence-corrected chi connectivity index (χ1v) is 7.24. The maximum absolute atomic E-state index is 11.8. The maximum Gasteiger partial charge on any atom is 0.317 e. The van der Waals surface area contributed by atoms with Crippen LogP contribution in [0.25, 0.3) is 0 Å². The molecule has 0 aromatic heterocycles. The SMILES string of the molecule is CN(CC1CC1)C(=O)NCCc1cc(Cl)cc(Cl)c1.